The minimum atomic E-state index is 0.467. The van der Waals surface area contributed by atoms with E-state index in [9.17, 15) is 0 Å². The molecule has 28 heavy (non-hydrogen) atoms. The van der Waals surface area contributed by atoms with Crippen molar-refractivity contribution in [2.24, 2.45) is 0 Å². The molecule has 0 aliphatic rings. The van der Waals surface area contributed by atoms with E-state index in [1.807, 2.05) is 67.6 Å². The third-order valence-electron chi connectivity index (χ3n) is 4.01. The van der Waals surface area contributed by atoms with Crippen LogP contribution in [-0.2, 0) is 13.2 Å². The Morgan fingerprint density at radius 1 is 0.893 bits per heavy atom. The third kappa shape index (κ3) is 5.90. The van der Waals surface area contributed by atoms with Crippen molar-refractivity contribution in [3.63, 3.8) is 0 Å². The second-order valence-corrected chi connectivity index (χ2v) is 8.32. The summed E-state index contributed by atoms with van der Waals surface area (Å²) in [4.78, 5) is 0. The van der Waals surface area contributed by atoms with Gasteiger partial charge in [-0.1, -0.05) is 39.7 Å². The lowest BCUT2D eigenvalue weighted by molar-refractivity contribution is 0.267. The number of nitrogens with one attached hydrogen (secondary N) is 1. The highest BCUT2D eigenvalue weighted by atomic mass is 79.9. The summed E-state index contributed by atoms with van der Waals surface area (Å²) in [7, 11) is 0. The van der Waals surface area contributed by atoms with Crippen molar-refractivity contribution >= 4 is 49.1 Å². The molecule has 0 atom stereocenters. The van der Waals surface area contributed by atoms with E-state index in [0.717, 1.165) is 36.5 Å². The first-order valence-electron chi connectivity index (χ1n) is 8.87. The van der Waals surface area contributed by atoms with Crippen LogP contribution in [0.25, 0.3) is 0 Å². The van der Waals surface area contributed by atoms with E-state index >= 15 is 0 Å². The SMILES string of the molecule is CCOc1cc(CNc2ccc(Cl)cc2)cc(Br)c1OCc1ccc(Br)cc1. The molecule has 0 spiro atoms. The van der Waals surface area contributed by atoms with Crippen molar-refractivity contribution in [2.45, 2.75) is 20.1 Å². The molecule has 0 radical (unpaired) electrons. The zero-order valence-corrected chi connectivity index (χ0v) is 19.3. The highest BCUT2D eigenvalue weighted by Gasteiger charge is 2.13. The number of rotatable bonds is 8. The first kappa shape index (κ1) is 21.0. The molecule has 0 saturated heterocycles. The fraction of sp³-hybridized carbons (Fsp3) is 0.182. The van der Waals surface area contributed by atoms with E-state index in [2.05, 4.69) is 37.2 Å². The van der Waals surface area contributed by atoms with Crippen molar-refractivity contribution in [1.29, 1.82) is 0 Å². The van der Waals surface area contributed by atoms with Crippen LogP contribution in [0.15, 0.2) is 69.6 Å². The summed E-state index contributed by atoms with van der Waals surface area (Å²) in [5, 5.41) is 4.11. The molecule has 3 aromatic rings. The van der Waals surface area contributed by atoms with Gasteiger partial charge in [-0.15, -0.1) is 0 Å². The van der Waals surface area contributed by atoms with Gasteiger partial charge in [-0.25, -0.2) is 0 Å². The lowest BCUT2D eigenvalue weighted by Crippen LogP contribution is -2.04. The maximum absolute atomic E-state index is 6.06. The average molecular weight is 526 g/mol. The van der Waals surface area contributed by atoms with Gasteiger partial charge in [-0.2, -0.15) is 0 Å². The quantitative estimate of drug-likeness (QED) is 0.331. The van der Waals surface area contributed by atoms with Crippen LogP contribution in [0, 0.1) is 0 Å². The second-order valence-electron chi connectivity index (χ2n) is 6.11. The molecular weight excluding hydrogens is 506 g/mol. The maximum atomic E-state index is 6.06. The minimum Gasteiger partial charge on any atom is -0.490 e. The van der Waals surface area contributed by atoms with Gasteiger partial charge in [0.1, 0.15) is 6.61 Å². The molecule has 0 bridgehead atoms. The maximum Gasteiger partial charge on any atom is 0.175 e. The number of benzene rings is 3. The number of ether oxygens (including phenoxy) is 2. The van der Waals surface area contributed by atoms with Crippen LogP contribution in [0.1, 0.15) is 18.1 Å². The summed E-state index contributed by atoms with van der Waals surface area (Å²) in [5.41, 5.74) is 3.18. The monoisotopic (exact) mass is 523 g/mol. The van der Waals surface area contributed by atoms with Gasteiger partial charge in [0.15, 0.2) is 11.5 Å². The zero-order chi connectivity index (χ0) is 19.9. The fourth-order valence-electron chi connectivity index (χ4n) is 2.63. The van der Waals surface area contributed by atoms with Gasteiger partial charge >= 0.3 is 0 Å². The molecule has 1 N–H and O–H groups in total. The molecule has 3 aromatic carbocycles. The van der Waals surface area contributed by atoms with E-state index in [1.54, 1.807) is 0 Å². The van der Waals surface area contributed by atoms with E-state index in [4.69, 9.17) is 21.1 Å². The van der Waals surface area contributed by atoms with Gasteiger partial charge in [0.05, 0.1) is 11.1 Å². The summed E-state index contributed by atoms with van der Waals surface area (Å²) in [6.07, 6.45) is 0. The van der Waals surface area contributed by atoms with Crippen molar-refractivity contribution in [1.82, 2.24) is 0 Å². The first-order valence-corrected chi connectivity index (χ1v) is 10.8. The Bertz CT molecular complexity index is 915. The van der Waals surface area contributed by atoms with E-state index < -0.39 is 0 Å². The van der Waals surface area contributed by atoms with E-state index in [0.29, 0.717) is 25.5 Å². The molecule has 0 unspecified atom stereocenters. The second kappa shape index (κ2) is 10.2. The van der Waals surface area contributed by atoms with Gasteiger partial charge in [0.2, 0.25) is 0 Å². The topological polar surface area (TPSA) is 30.5 Å². The molecule has 0 aliphatic heterocycles. The lowest BCUT2D eigenvalue weighted by atomic mass is 10.2. The number of anilines is 1. The van der Waals surface area contributed by atoms with Crippen LogP contribution in [-0.4, -0.2) is 6.61 Å². The van der Waals surface area contributed by atoms with Crippen LogP contribution in [0.4, 0.5) is 5.69 Å². The van der Waals surface area contributed by atoms with Gasteiger partial charge in [0, 0.05) is 21.7 Å². The Kier molecular flexibility index (Phi) is 7.65. The van der Waals surface area contributed by atoms with Gasteiger partial charge in [-0.3, -0.25) is 0 Å². The van der Waals surface area contributed by atoms with Crippen LogP contribution in [0.3, 0.4) is 0 Å². The third-order valence-corrected chi connectivity index (χ3v) is 5.38. The summed E-state index contributed by atoms with van der Waals surface area (Å²) < 4.78 is 13.8. The van der Waals surface area contributed by atoms with Crippen LogP contribution >= 0.6 is 43.5 Å². The fourth-order valence-corrected chi connectivity index (χ4v) is 3.63. The number of hydrogen-bond acceptors (Lipinski definition) is 3. The van der Waals surface area contributed by atoms with Crippen LogP contribution in [0.5, 0.6) is 11.5 Å². The molecule has 0 fully saturated rings. The van der Waals surface area contributed by atoms with Crippen LogP contribution in [0.2, 0.25) is 5.02 Å². The summed E-state index contributed by atoms with van der Waals surface area (Å²) >= 11 is 13.0. The molecule has 3 nitrogen and oxygen atoms in total. The molecule has 0 heterocycles. The smallest absolute Gasteiger partial charge is 0.175 e. The Labute approximate surface area is 187 Å². The predicted octanol–water partition coefficient (Wildman–Crippen LogP) is 7.45. The average Bonchev–Trinajstić information content (AvgIpc) is 2.68. The number of hydrogen-bond donors (Lipinski definition) is 1. The standard InChI is InChI=1S/C22H20Br2ClNO2/c1-2-27-21-12-16(13-26-19-9-7-18(25)8-10-19)11-20(24)22(21)28-14-15-3-5-17(23)6-4-15/h3-12,26H,2,13-14H2,1H3. The number of halogens is 3. The molecule has 6 heteroatoms. The van der Waals surface area contributed by atoms with E-state index in [1.165, 1.54) is 0 Å². The molecule has 0 aliphatic carbocycles. The molecule has 0 saturated carbocycles. The summed E-state index contributed by atoms with van der Waals surface area (Å²) in [6.45, 7) is 3.65. The highest BCUT2D eigenvalue weighted by Crippen LogP contribution is 2.37. The summed E-state index contributed by atoms with van der Waals surface area (Å²) in [6, 6.07) is 19.8. The minimum absolute atomic E-state index is 0.467. The zero-order valence-electron chi connectivity index (χ0n) is 15.3. The van der Waals surface area contributed by atoms with Gasteiger partial charge in [0.25, 0.3) is 0 Å². The van der Waals surface area contributed by atoms with Crippen molar-refractivity contribution in [2.75, 3.05) is 11.9 Å². The Morgan fingerprint density at radius 2 is 1.61 bits per heavy atom. The highest BCUT2D eigenvalue weighted by molar-refractivity contribution is 9.10. The van der Waals surface area contributed by atoms with Crippen molar-refractivity contribution < 1.29 is 9.47 Å². The van der Waals surface area contributed by atoms with Crippen molar-refractivity contribution in [3.05, 3.63) is 85.8 Å². The molecule has 3 rings (SSSR count). The first-order chi connectivity index (χ1) is 13.5. The van der Waals surface area contributed by atoms with E-state index in [-0.39, 0.29) is 0 Å². The van der Waals surface area contributed by atoms with Gasteiger partial charge in [-0.05, 0) is 82.5 Å². The molecule has 146 valence electrons. The Hall–Kier alpha value is -1.69. The molecular formula is C22H20Br2ClNO2. The Balaban J connectivity index is 1.73. The molecule has 0 amide bonds. The van der Waals surface area contributed by atoms with Crippen LogP contribution < -0.4 is 14.8 Å². The summed E-state index contributed by atoms with van der Waals surface area (Å²) in [5.74, 6) is 1.43. The lowest BCUT2D eigenvalue weighted by Gasteiger charge is -2.16. The molecule has 0 aromatic heterocycles. The normalized spacial score (nSPS) is 10.6. The van der Waals surface area contributed by atoms with Gasteiger partial charge < -0.3 is 14.8 Å². The van der Waals surface area contributed by atoms with Crippen molar-refractivity contribution in [3.8, 4) is 11.5 Å². The Morgan fingerprint density at radius 3 is 2.29 bits per heavy atom. The predicted molar refractivity (Wildman–Crippen MR) is 123 cm³/mol. The largest absolute Gasteiger partial charge is 0.490 e.